The number of anilines is 1. The van der Waals surface area contributed by atoms with E-state index in [2.05, 4.69) is 15.0 Å². The molecule has 2 aromatic rings. The molecule has 1 aliphatic heterocycles. The number of phosphoric ester groups is 1. The van der Waals surface area contributed by atoms with Gasteiger partial charge in [0.15, 0.2) is 35.3 Å². The number of H-pyrrole nitrogens is 1. The van der Waals surface area contributed by atoms with Crippen LogP contribution in [0, 0.1) is 10.8 Å². The quantitative estimate of drug-likeness (QED) is 0.193. The molecule has 4 rings (SSSR count). The first-order valence-corrected chi connectivity index (χ1v) is 14.0. The summed E-state index contributed by atoms with van der Waals surface area (Å²) in [5.74, 6) is -3.98. The van der Waals surface area contributed by atoms with Crippen LogP contribution in [0.1, 0.15) is 47.8 Å². The van der Waals surface area contributed by atoms with E-state index in [0.717, 1.165) is 18.0 Å². The maximum Gasteiger partial charge on any atom is 0.481 e. The fourth-order valence-corrected chi connectivity index (χ4v) is 5.21. The summed E-state index contributed by atoms with van der Waals surface area (Å²) in [5, 5.41) is 11.3. The largest absolute Gasteiger partial charge is 0.481 e. The Kier molecular flexibility index (Phi) is 8.08. The first-order chi connectivity index (χ1) is 19.3. The number of nitrogens with zero attached hydrogens (tertiary/aromatic N) is 3. The molecule has 0 amide bonds. The number of nitrogens with one attached hydrogen (secondary N) is 1. The van der Waals surface area contributed by atoms with E-state index in [1.807, 2.05) is 0 Å². The molecule has 19 heteroatoms. The highest BCUT2D eigenvalue weighted by molar-refractivity contribution is 7.48. The lowest BCUT2D eigenvalue weighted by molar-refractivity contribution is -0.203. The first kappa shape index (κ1) is 31.9. The number of imidazole rings is 1. The van der Waals surface area contributed by atoms with Gasteiger partial charge in [0.05, 0.1) is 17.2 Å². The zero-order valence-electron chi connectivity index (χ0n) is 23.9. The van der Waals surface area contributed by atoms with Crippen LogP contribution in [0.2, 0.25) is 0 Å². The molecule has 1 saturated carbocycles. The molecule has 2 fully saturated rings. The van der Waals surface area contributed by atoms with E-state index < -0.39 is 79.6 Å². The number of ether oxygens (including phenoxy) is 4. The summed E-state index contributed by atoms with van der Waals surface area (Å²) in [4.78, 5) is 46.5. The molecule has 0 aromatic carbocycles. The Morgan fingerprint density at radius 3 is 2.19 bits per heavy atom. The smallest absolute Gasteiger partial charge is 0.437 e. The van der Waals surface area contributed by atoms with Crippen LogP contribution in [0.25, 0.3) is 11.2 Å². The predicted octanol–water partition coefficient (Wildman–Crippen LogP) is 1.28. The predicted molar refractivity (Wildman–Crippen MR) is 138 cm³/mol. The molecule has 2 unspecified atom stereocenters. The van der Waals surface area contributed by atoms with Crippen LogP contribution in [0.3, 0.4) is 0 Å². The van der Waals surface area contributed by atoms with Gasteiger partial charge in [0.2, 0.25) is 25.3 Å². The van der Waals surface area contributed by atoms with Crippen molar-refractivity contribution < 1.29 is 56.2 Å². The number of carbonyl (C=O) groups excluding carboxylic acids is 2. The Bertz CT molecular complexity index is 1440. The zero-order valence-corrected chi connectivity index (χ0v) is 24.8. The summed E-state index contributed by atoms with van der Waals surface area (Å²) >= 11 is 0. The standard InChI is InChI=1S/C23H33FN5O12P/c1-20(2,3)17(31)36-9-38-42(34,39-10-37-18(32)21(4,5)6)41-16-22(33)12(24)15(40-23(16,22)35-7)29-8-26-11-13(29)27-19(25)28-14(11)30/h8,12,15-16,33H,9-10H2,1-7H3,(H3,25,27,28,30)/t12?,15-,16?,22-,23-/m1/s1. The molecule has 2 aliphatic rings. The number of nitrogen functional groups attached to an aromatic ring is 1. The van der Waals surface area contributed by atoms with E-state index >= 15 is 4.39 Å². The van der Waals surface area contributed by atoms with Crippen molar-refractivity contribution in [2.75, 3.05) is 26.4 Å². The summed E-state index contributed by atoms with van der Waals surface area (Å²) < 4.78 is 66.9. The van der Waals surface area contributed by atoms with E-state index in [1.54, 1.807) is 41.5 Å². The van der Waals surface area contributed by atoms with Crippen LogP contribution in [-0.2, 0) is 46.7 Å². The lowest BCUT2D eigenvalue weighted by Gasteiger charge is -2.25. The van der Waals surface area contributed by atoms with Gasteiger partial charge in [-0.25, -0.2) is 23.0 Å². The van der Waals surface area contributed by atoms with Gasteiger partial charge in [-0.2, -0.15) is 4.98 Å². The van der Waals surface area contributed by atoms with E-state index in [-0.39, 0.29) is 17.1 Å². The number of carbonyl (C=O) groups is 2. The van der Waals surface area contributed by atoms with Crippen molar-refractivity contribution in [3.05, 3.63) is 16.7 Å². The molecule has 0 spiro atoms. The molecule has 2 aromatic heterocycles. The van der Waals surface area contributed by atoms with Gasteiger partial charge >= 0.3 is 19.8 Å². The second-order valence-electron chi connectivity index (χ2n) is 11.7. The minimum absolute atomic E-state index is 0.142. The number of rotatable bonds is 10. The molecular formula is C23H33FN5O12P. The minimum atomic E-state index is -4.88. The number of alkyl halides is 1. The number of phosphoric acid groups is 1. The molecule has 1 saturated heterocycles. The van der Waals surface area contributed by atoms with E-state index in [9.17, 15) is 24.1 Å². The number of hydrogen-bond donors (Lipinski definition) is 3. The minimum Gasteiger partial charge on any atom is -0.437 e. The summed E-state index contributed by atoms with van der Waals surface area (Å²) in [6.45, 7) is 7.52. The van der Waals surface area contributed by atoms with Gasteiger partial charge < -0.3 is 29.8 Å². The molecule has 17 nitrogen and oxygen atoms in total. The SMILES string of the molecule is CO[C@]12O[C@@H](n3cnc4c(=O)[nH]c(N)nc43)C(F)[C@@]1(O)C2OP(=O)(OCOC(=O)C(C)(C)C)OCOC(=O)C(C)(C)C. The molecule has 1 aliphatic carbocycles. The summed E-state index contributed by atoms with van der Waals surface area (Å²) in [6, 6.07) is 0. The third-order valence-electron chi connectivity index (χ3n) is 6.48. The van der Waals surface area contributed by atoms with Crippen LogP contribution in [0.4, 0.5) is 10.3 Å². The molecule has 42 heavy (non-hydrogen) atoms. The van der Waals surface area contributed by atoms with Crippen LogP contribution >= 0.6 is 7.82 Å². The molecule has 4 N–H and O–H groups in total. The van der Waals surface area contributed by atoms with Gasteiger partial charge in [-0.1, -0.05) is 0 Å². The van der Waals surface area contributed by atoms with Crippen LogP contribution in [0.15, 0.2) is 11.1 Å². The molecular weight excluding hydrogens is 588 g/mol. The Hall–Kier alpha value is -2.99. The normalized spacial score (nSPS) is 27.6. The molecule has 5 atom stereocenters. The van der Waals surface area contributed by atoms with Gasteiger partial charge in [-0.3, -0.25) is 28.5 Å². The van der Waals surface area contributed by atoms with Crippen molar-refractivity contribution in [3.63, 3.8) is 0 Å². The Morgan fingerprint density at radius 1 is 1.17 bits per heavy atom. The van der Waals surface area contributed by atoms with Crippen molar-refractivity contribution in [2.45, 2.75) is 71.4 Å². The summed E-state index contributed by atoms with van der Waals surface area (Å²) in [6.07, 6.45) is -4.75. The average molecular weight is 622 g/mol. The summed E-state index contributed by atoms with van der Waals surface area (Å²) in [7, 11) is -3.81. The number of methoxy groups -OCH3 is 1. The highest BCUT2D eigenvalue weighted by Gasteiger charge is 2.92. The van der Waals surface area contributed by atoms with Crippen molar-refractivity contribution in [1.29, 1.82) is 0 Å². The number of esters is 2. The second kappa shape index (κ2) is 10.6. The molecule has 234 valence electrons. The van der Waals surface area contributed by atoms with Crippen molar-refractivity contribution >= 4 is 36.9 Å². The van der Waals surface area contributed by atoms with Crippen molar-refractivity contribution in [2.24, 2.45) is 10.8 Å². The van der Waals surface area contributed by atoms with Gasteiger partial charge in [0.25, 0.3) is 5.56 Å². The van der Waals surface area contributed by atoms with E-state index in [4.69, 9.17) is 38.3 Å². The Balaban J connectivity index is 1.55. The lowest BCUT2D eigenvalue weighted by atomic mass is 9.98. The first-order valence-electron chi connectivity index (χ1n) is 12.5. The highest BCUT2D eigenvalue weighted by Crippen LogP contribution is 2.69. The lowest BCUT2D eigenvalue weighted by Crippen LogP contribution is -2.34. The monoisotopic (exact) mass is 621 g/mol. The van der Waals surface area contributed by atoms with Crippen molar-refractivity contribution in [3.8, 4) is 0 Å². The van der Waals surface area contributed by atoms with Gasteiger partial charge in [-0.05, 0) is 41.5 Å². The second-order valence-corrected chi connectivity index (χ2v) is 13.3. The van der Waals surface area contributed by atoms with Gasteiger partial charge in [-0.15, -0.1) is 0 Å². The van der Waals surface area contributed by atoms with Gasteiger partial charge in [0.1, 0.15) is 0 Å². The van der Waals surface area contributed by atoms with E-state index in [1.165, 1.54) is 0 Å². The maximum absolute atomic E-state index is 15.9. The number of aliphatic hydroxyl groups is 1. The van der Waals surface area contributed by atoms with Crippen LogP contribution in [-0.4, -0.2) is 80.9 Å². The molecule has 0 bridgehead atoms. The Morgan fingerprint density at radius 2 is 1.71 bits per heavy atom. The third-order valence-corrected chi connectivity index (χ3v) is 7.79. The van der Waals surface area contributed by atoms with Crippen LogP contribution < -0.4 is 11.3 Å². The fraction of sp³-hybridized carbons (Fsp3) is 0.696. The molecule has 0 radical (unpaired) electrons. The topological polar surface area (TPSA) is 226 Å². The number of halogens is 1. The number of aromatic nitrogens is 4. The fourth-order valence-electron chi connectivity index (χ4n) is 4.09. The van der Waals surface area contributed by atoms with E-state index in [0.29, 0.717) is 0 Å². The van der Waals surface area contributed by atoms with Gasteiger partial charge in [0, 0.05) is 7.11 Å². The number of nitrogens with two attached hydrogens (primary N) is 1. The number of hydrogen-bond acceptors (Lipinski definition) is 15. The summed E-state index contributed by atoms with van der Waals surface area (Å²) in [5.41, 5.74) is 0.122. The third kappa shape index (κ3) is 5.43. The van der Waals surface area contributed by atoms with Crippen LogP contribution in [0.5, 0.6) is 0 Å². The highest BCUT2D eigenvalue weighted by atomic mass is 31.2. The zero-order chi connectivity index (χ0) is 31.5. The number of aromatic amines is 1. The average Bonchev–Trinajstić information content (AvgIpc) is 3.11. The number of fused-ring (bicyclic) bond motifs is 2. The molecule has 3 heterocycles. The Labute approximate surface area is 238 Å². The maximum atomic E-state index is 15.9. The van der Waals surface area contributed by atoms with Crippen molar-refractivity contribution in [1.82, 2.24) is 19.5 Å².